The lowest BCUT2D eigenvalue weighted by Crippen LogP contribution is -2.32. The number of benzene rings is 2. The van der Waals surface area contributed by atoms with E-state index >= 15 is 0 Å². The molecule has 3 rings (SSSR count). The predicted octanol–water partition coefficient (Wildman–Crippen LogP) is 3.12. The first-order valence-corrected chi connectivity index (χ1v) is 8.34. The Morgan fingerprint density at radius 2 is 1.76 bits per heavy atom. The molecule has 5 heteroatoms. The molecule has 0 radical (unpaired) electrons. The minimum Gasteiger partial charge on any atom is -0.344 e. The Morgan fingerprint density at radius 3 is 2.40 bits per heavy atom. The minimum absolute atomic E-state index is 0.106. The van der Waals surface area contributed by atoms with Crippen molar-refractivity contribution in [2.75, 3.05) is 0 Å². The molecule has 0 saturated heterocycles. The number of aromatic nitrogens is 2. The molecule has 1 unspecified atom stereocenters. The van der Waals surface area contributed by atoms with Gasteiger partial charge in [0.25, 0.3) is 11.5 Å². The van der Waals surface area contributed by atoms with Gasteiger partial charge in [-0.05, 0) is 25.0 Å². The molecule has 1 N–H and O–H groups in total. The lowest BCUT2D eigenvalue weighted by Gasteiger charge is -2.18. The van der Waals surface area contributed by atoms with Gasteiger partial charge in [-0.15, -0.1) is 0 Å². The Morgan fingerprint density at radius 1 is 1.12 bits per heavy atom. The predicted molar refractivity (Wildman–Crippen MR) is 98.7 cm³/mol. The van der Waals surface area contributed by atoms with Crippen LogP contribution >= 0.6 is 0 Å². The smallest absolute Gasteiger partial charge is 0.274 e. The Bertz CT molecular complexity index is 974. The summed E-state index contributed by atoms with van der Waals surface area (Å²) in [6.07, 6.45) is 0.762. The van der Waals surface area contributed by atoms with Gasteiger partial charge in [0, 0.05) is 12.4 Å². The number of carbonyl (C=O) groups excluding carboxylic acids is 1. The molecule has 0 aliphatic heterocycles. The van der Waals surface area contributed by atoms with E-state index in [0.717, 1.165) is 12.0 Å². The number of hydrogen-bond acceptors (Lipinski definition) is 3. The molecule has 3 aromatic rings. The number of amides is 1. The van der Waals surface area contributed by atoms with Crippen LogP contribution in [0.5, 0.6) is 0 Å². The lowest BCUT2D eigenvalue weighted by atomic mass is 10.0. The summed E-state index contributed by atoms with van der Waals surface area (Å²) >= 11 is 0. The van der Waals surface area contributed by atoms with Crippen LogP contribution in [0.4, 0.5) is 0 Å². The second-order valence-corrected chi connectivity index (χ2v) is 6.17. The Labute approximate surface area is 146 Å². The van der Waals surface area contributed by atoms with Gasteiger partial charge in [-0.3, -0.25) is 9.59 Å². The fourth-order valence-corrected chi connectivity index (χ4v) is 2.91. The van der Waals surface area contributed by atoms with E-state index in [2.05, 4.69) is 10.4 Å². The number of hydrogen-bond donors (Lipinski definition) is 1. The van der Waals surface area contributed by atoms with Crippen molar-refractivity contribution in [3.05, 3.63) is 75.7 Å². The Hall–Kier alpha value is -2.95. The first-order valence-electron chi connectivity index (χ1n) is 8.34. The summed E-state index contributed by atoms with van der Waals surface area (Å²) in [5, 5.41) is 8.29. The molecule has 0 bridgehead atoms. The van der Waals surface area contributed by atoms with E-state index in [9.17, 15) is 9.59 Å². The second kappa shape index (κ2) is 6.89. The van der Waals surface area contributed by atoms with Crippen LogP contribution in [0.15, 0.2) is 53.3 Å². The van der Waals surface area contributed by atoms with Crippen molar-refractivity contribution in [1.82, 2.24) is 15.1 Å². The topological polar surface area (TPSA) is 64.0 Å². The molecular formula is C20H21N3O2. The van der Waals surface area contributed by atoms with Crippen LogP contribution < -0.4 is 10.9 Å². The van der Waals surface area contributed by atoms with Gasteiger partial charge in [0.2, 0.25) is 0 Å². The SMILES string of the molecule is CCC(NC(=O)c1nn(C)c(=O)c2ccccc12)c1ccc(C)cc1. The molecule has 0 saturated carbocycles. The molecule has 5 nitrogen and oxygen atoms in total. The summed E-state index contributed by atoms with van der Waals surface area (Å²) < 4.78 is 1.21. The van der Waals surface area contributed by atoms with E-state index < -0.39 is 0 Å². The third-order valence-corrected chi connectivity index (χ3v) is 4.36. The van der Waals surface area contributed by atoms with Crippen molar-refractivity contribution < 1.29 is 4.79 Å². The summed E-state index contributed by atoms with van der Waals surface area (Å²) in [4.78, 5) is 25.0. The van der Waals surface area contributed by atoms with Gasteiger partial charge in [0.15, 0.2) is 5.69 Å². The Kier molecular flexibility index (Phi) is 4.65. The average Bonchev–Trinajstić information content (AvgIpc) is 2.63. The average molecular weight is 335 g/mol. The zero-order valence-electron chi connectivity index (χ0n) is 14.6. The number of carbonyl (C=O) groups is 1. The summed E-state index contributed by atoms with van der Waals surface area (Å²) in [5.74, 6) is -0.278. The zero-order chi connectivity index (χ0) is 18.0. The quantitative estimate of drug-likeness (QED) is 0.797. The maximum Gasteiger partial charge on any atom is 0.274 e. The molecule has 0 aliphatic rings. The van der Waals surface area contributed by atoms with Crippen molar-refractivity contribution in [1.29, 1.82) is 0 Å². The maximum atomic E-state index is 12.8. The summed E-state index contributed by atoms with van der Waals surface area (Å²) in [7, 11) is 1.56. The second-order valence-electron chi connectivity index (χ2n) is 6.17. The third-order valence-electron chi connectivity index (χ3n) is 4.36. The van der Waals surface area contributed by atoms with Crippen LogP contribution in [0.25, 0.3) is 10.8 Å². The maximum absolute atomic E-state index is 12.8. The number of fused-ring (bicyclic) bond motifs is 1. The number of nitrogens with one attached hydrogen (secondary N) is 1. The highest BCUT2D eigenvalue weighted by molar-refractivity contribution is 6.04. The van der Waals surface area contributed by atoms with E-state index in [-0.39, 0.29) is 23.2 Å². The van der Waals surface area contributed by atoms with Crippen molar-refractivity contribution in [2.24, 2.45) is 7.05 Å². The van der Waals surface area contributed by atoms with E-state index in [0.29, 0.717) is 10.8 Å². The van der Waals surface area contributed by atoms with Crippen LogP contribution in [-0.2, 0) is 7.05 Å². The Balaban J connectivity index is 1.98. The monoisotopic (exact) mass is 335 g/mol. The minimum atomic E-state index is -0.278. The van der Waals surface area contributed by atoms with Crippen molar-refractivity contribution in [2.45, 2.75) is 26.3 Å². The first kappa shape index (κ1) is 16.9. The molecule has 1 atom stereocenters. The van der Waals surface area contributed by atoms with E-state index in [1.54, 1.807) is 31.3 Å². The van der Waals surface area contributed by atoms with Gasteiger partial charge >= 0.3 is 0 Å². The number of rotatable bonds is 4. The van der Waals surface area contributed by atoms with E-state index in [1.165, 1.54) is 10.2 Å². The zero-order valence-corrected chi connectivity index (χ0v) is 14.6. The molecule has 2 aromatic carbocycles. The molecule has 1 aromatic heterocycles. The van der Waals surface area contributed by atoms with Crippen LogP contribution in [0.2, 0.25) is 0 Å². The lowest BCUT2D eigenvalue weighted by molar-refractivity contribution is 0.0930. The van der Waals surface area contributed by atoms with Gasteiger partial charge in [-0.25, -0.2) is 4.68 Å². The summed E-state index contributed by atoms with van der Waals surface area (Å²) in [6, 6.07) is 15.1. The highest BCUT2D eigenvalue weighted by Crippen LogP contribution is 2.19. The molecule has 1 heterocycles. The van der Waals surface area contributed by atoms with Crippen molar-refractivity contribution in [3.63, 3.8) is 0 Å². The van der Waals surface area contributed by atoms with Gasteiger partial charge in [0.1, 0.15) is 0 Å². The van der Waals surface area contributed by atoms with Gasteiger partial charge in [-0.1, -0.05) is 55.0 Å². The number of nitrogens with zero attached hydrogens (tertiary/aromatic N) is 2. The third kappa shape index (κ3) is 3.31. The molecule has 128 valence electrons. The standard InChI is InChI=1S/C20H21N3O2/c1-4-17(14-11-9-13(2)10-12-14)21-19(24)18-15-7-5-6-8-16(15)20(25)23(3)22-18/h5-12,17H,4H2,1-3H3,(H,21,24). The molecule has 0 aliphatic carbocycles. The highest BCUT2D eigenvalue weighted by Gasteiger charge is 2.19. The van der Waals surface area contributed by atoms with Crippen LogP contribution in [0.1, 0.15) is 41.0 Å². The molecule has 0 fully saturated rings. The molecule has 0 spiro atoms. The molecule has 25 heavy (non-hydrogen) atoms. The number of aryl methyl sites for hydroxylation is 2. The largest absolute Gasteiger partial charge is 0.344 e. The van der Waals surface area contributed by atoms with E-state index in [4.69, 9.17) is 0 Å². The van der Waals surface area contributed by atoms with Crippen LogP contribution in [-0.4, -0.2) is 15.7 Å². The summed E-state index contributed by atoms with van der Waals surface area (Å²) in [6.45, 7) is 4.06. The van der Waals surface area contributed by atoms with Gasteiger partial charge in [0.05, 0.1) is 11.4 Å². The van der Waals surface area contributed by atoms with E-state index in [1.807, 2.05) is 38.1 Å². The fourth-order valence-electron chi connectivity index (χ4n) is 2.91. The van der Waals surface area contributed by atoms with Crippen LogP contribution in [0.3, 0.4) is 0 Å². The molecule has 1 amide bonds. The first-order chi connectivity index (χ1) is 12.0. The normalized spacial score (nSPS) is 12.1. The highest BCUT2D eigenvalue weighted by atomic mass is 16.2. The van der Waals surface area contributed by atoms with Crippen molar-refractivity contribution >= 4 is 16.7 Å². The van der Waals surface area contributed by atoms with Gasteiger partial charge in [-0.2, -0.15) is 5.10 Å². The van der Waals surface area contributed by atoms with Crippen LogP contribution in [0, 0.1) is 6.92 Å². The summed E-state index contributed by atoms with van der Waals surface area (Å²) in [5.41, 5.74) is 2.28. The fraction of sp³-hybridized carbons (Fsp3) is 0.250. The molecular weight excluding hydrogens is 314 g/mol. The van der Waals surface area contributed by atoms with Crippen molar-refractivity contribution in [3.8, 4) is 0 Å². The van der Waals surface area contributed by atoms with Gasteiger partial charge < -0.3 is 5.32 Å².